The minimum atomic E-state index is 0.247. The van der Waals surface area contributed by atoms with Crippen LogP contribution in [0.5, 0.6) is 0 Å². The van der Waals surface area contributed by atoms with Crippen molar-refractivity contribution in [1.82, 2.24) is 9.78 Å². The summed E-state index contributed by atoms with van der Waals surface area (Å²) in [5, 5.41) is 17.5. The largest absolute Gasteiger partial charge is 0.396 e. The van der Waals surface area contributed by atoms with Crippen molar-refractivity contribution >= 4 is 11.5 Å². The minimum Gasteiger partial charge on any atom is -0.396 e. The molecule has 1 aliphatic rings. The lowest BCUT2D eigenvalue weighted by atomic mass is 9.85. The van der Waals surface area contributed by atoms with E-state index in [4.69, 9.17) is 5.73 Å². The van der Waals surface area contributed by atoms with Crippen LogP contribution >= 0.6 is 0 Å². The third kappa shape index (κ3) is 3.03. The van der Waals surface area contributed by atoms with E-state index in [9.17, 15) is 5.11 Å². The molecule has 1 aliphatic carbocycles. The molecule has 0 bridgehead atoms. The lowest BCUT2D eigenvalue weighted by Crippen LogP contribution is -2.35. The van der Waals surface area contributed by atoms with Gasteiger partial charge < -0.3 is 16.2 Å². The van der Waals surface area contributed by atoms with Crippen molar-refractivity contribution in [1.29, 1.82) is 0 Å². The molecule has 4 N–H and O–H groups in total. The Kier molecular flexibility index (Phi) is 4.69. The Morgan fingerprint density at radius 2 is 2.16 bits per heavy atom. The van der Waals surface area contributed by atoms with Crippen LogP contribution in [-0.2, 0) is 13.5 Å². The van der Waals surface area contributed by atoms with Gasteiger partial charge in [-0.2, -0.15) is 5.10 Å². The summed E-state index contributed by atoms with van der Waals surface area (Å²) in [5.74, 6) is 1.24. The Morgan fingerprint density at radius 1 is 1.42 bits per heavy atom. The van der Waals surface area contributed by atoms with Gasteiger partial charge in [-0.05, 0) is 19.3 Å². The van der Waals surface area contributed by atoms with Gasteiger partial charge in [0, 0.05) is 25.6 Å². The number of aryl methyl sites for hydroxylation is 2. The molecule has 0 aliphatic heterocycles. The van der Waals surface area contributed by atoms with Crippen LogP contribution in [0.2, 0.25) is 0 Å². The number of hydrogen-bond acceptors (Lipinski definition) is 4. The zero-order chi connectivity index (χ0) is 13.8. The summed E-state index contributed by atoms with van der Waals surface area (Å²) >= 11 is 0. The van der Waals surface area contributed by atoms with Gasteiger partial charge in [-0.25, -0.2) is 0 Å². The first-order valence-corrected chi connectivity index (χ1v) is 7.36. The van der Waals surface area contributed by atoms with Crippen LogP contribution < -0.4 is 11.1 Å². The van der Waals surface area contributed by atoms with Crippen LogP contribution in [0.4, 0.5) is 11.5 Å². The fourth-order valence-corrected chi connectivity index (χ4v) is 2.98. The summed E-state index contributed by atoms with van der Waals surface area (Å²) in [5.41, 5.74) is 7.93. The molecule has 1 heterocycles. The summed E-state index contributed by atoms with van der Waals surface area (Å²) in [6.07, 6.45) is 6.57. The zero-order valence-electron chi connectivity index (χ0n) is 12.0. The molecule has 0 saturated heterocycles. The van der Waals surface area contributed by atoms with E-state index in [1.54, 1.807) is 0 Å². The molecule has 2 atom stereocenters. The van der Waals surface area contributed by atoms with Gasteiger partial charge >= 0.3 is 0 Å². The highest BCUT2D eigenvalue weighted by Crippen LogP contribution is 2.30. The van der Waals surface area contributed by atoms with Gasteiger partial charge in [-0.3, -0.25) is 4.68 Å². The Hall–Kier alpha value is -1.23. The SMILES string of the molecule is CCCc1nn(C)c(NC2CCCCC2CO)c1N. The standard InChI is InChI=1S/C14H26N4O/c1-3-6-12-13(15)14(18(2)17-12)16-11-8-5-4-7-10(11)9-19/h10-11,16,19H,3-9,15H2,1-2H3. The summed E-state index contributed by atoms with van der Waals surface area (Å²) in [7, 11) is 1.93. The topological polar surface area (TPSA) is 76.1 Å². The normalized spacial score (nSPS) is 23.5. The molecule has 5 heteroatoms. The maximum atomic E-state index is 9.47. The smallest absolute Gasteiger partial charge is 0.148 e. The van der Waals surface area contributed by atoms with E-state index >= 15 is 0 Å². The predicted octanol–water partition coefficient (Wildman–Crippen LogP) is 1.92. The van der Waals surface area contributed by atoms with Crippen molar-refractivity contribution in [2.24, 2.45) is 13.0 Å². The van der Waals surface area contributed by atoms with Crippen LogP contribution in [0.3, 0.4) is 0 Å². The van der Waals surface area contributed by atoms with E-state index in [-0.39, 0.29) is 6.61 Å². The van der Waals surface area contributed by atoms with Gasteiger partial charge in [-0.15, -0.1) is 0 Å². The maximum Gasteiger partial charge on any atom is 0.148 e. The number of hydrogen-bond donors (Lipinski definition) is 3. The van der Waals surface area contributed by atoms with E-state index in [0.29, 0.717) is 12.0 Å². The maximum absolute atomic E-state index is 9.47. The van der Waals surface area contributed by atoms with Gasteiger partial charge in [0.1, 0.15) is 5.82 Å². The molecule has 1 aromatic rings. The Morgan fingerprint density at radius 3 is 2.84 bits per heavy atom. The molecule has 5 nitrogen and oxygen atoms in total. The molecule has 2 rings (SSSR count). The van der Waals surface area contributed by atoms with E-state index in [0.717, 1.165) is 42.9 Å². The molecule has 0 spiro atoms. The Balaban J connectivity index is 2.13. The van der Waals surface area contributed by atoms with E-state index in [1.807, 2.05) is 11.7 Å². The average molecular weight is 266 g/mol. The van der Waals surface area contributed by atoms with E-state index in [2.05, 4.69) is 17.3 Å². The molecular weight excluding hydrogens is 240 g/mol. The fraction of sp³-hybridized carbons (Fsp3) is 0.786. The molecule has 108 valence electrons. The second kappa shape index (κ2) is 6.28. The number of aliphatic hydroxyl groups excluding tert-OH is 1. The van der Waals surface area contributed by atoms with Crippen molar-refractivity contribution in [3.05, 3.63) is 5.69 Å². The van der Waals surface area contributed by atoms with E-state index < -0.39 is 0 Å². The first-order chi connectivity index (χ1) is 9.17. The quantitative estimate of drug-likeness (QED) is 0.761. The molecular formula is C14H26N4O. The van der Waals surface area contributed by atoms with Gasteiger partial charge in [-0.1, -0.05) is 26.2 Å². The van der Waals surface area contributed by atoms with Gasteiger partial charge in [0.25, 0.3) is 0 Å². The third-order valence-electron chi connectivity index (χ3n) is 4.11. The lowest BCUT2D eigenvalue weighted by molar-refractivity contribution is 0.178. The molecule has 2 unspecified atom stereocenters. The van der Waals surface area contributed by atoms with Crippen molar-refractivity contribution in [2.75, 3.05) is 17.7 Å². The number of anilines is 2. The van der Waals surface area contributed by atoms with Crippen molar-refractivity contribution < 1.29 is 5.11 Å². The highest BCUT2D eigenvalue weighted by Gasteiger charge is 2.26. The molecule has 19 heavy (non-hydrogen) atoms. The van der Waals surface area contributed by atoms with Crippen LogP contribution in [0.25, 0.3) is 0 Å². The summed E-state index contributed by atoms with van der Waals surface area (Å²) in [4.78, 5) is 0. The Labute approximate surface area is 115 Å². The van der Waals surface area contributed by atoms with E-state index in [1.165, 1.54) is 12.8 Å². The fourth-order valence-electron chi connectivity index (χ4n) is 2.98. The molecule has 0 amide bonds. The lowest BCUT2D eigenvalue weighted by Gasteiger charge is -2.31. The molecule has 1 fully saturated rings. The van der Waals surface area contributed by atoms with Gasteiger partial charge in [0.15, 0.2) is 0 Å². The molecule has 0 radical (unpaired) electrons. The van der Waals surface area contributed by atoms with Crippen LogP contribution in [0.15, 0.2) is 0 Å². The monoisotopic (exact) mass is 266 g/mol. The van der Waals surface area contributed by atoms with Crippen molar-refractivity contribution in [3.63, 3.8) is 0 Å². The number of nitrogens with one attached hydrogen (secondary N) is 1. The molecule has 1 saturated carbocycles. The third-order valence-corrected chi connectivity index (χ3v) is 4.11. The Bertz CT molecular complexity index is 416. The van der Waals surface area contributed by atoms with Gasteiger partial charge in [0.2, 0.25) is 0 Å². The number of aromatic nitrogens is 2. The highest BCUT2D eigenvalue weighted by molar-refractivity contribution is 5.65. The minimum absolute atomic E-state index is 0.247. The van der Waals surface area contributed by atoms with Crippen LogP contribution in [-0.4, -0.2) is 27.5 Å². The summed E-state index contributed by atoms with van der Waals surface area (Å²) < 4.78 is 1.84. The van der Waals surface area contributed by atoms with Gasteiger partial charge in [0.05, 0.1) is 11.4 Å². The molecule has 1 aromatic heterocycles. The average Bonchev–Trinajstić information content (AvgIpc) is 2.68. The van der Waals surface area contributed by atoms with Crippen LogP contribution in [0, 0.1) is 5.92 Å². The highest BCUT2D eigenvalue weighted by atomic mass is 16.3. The summed E-state index contributed by atoms with van der Waals surface area (Å²) in [6.45, 7) is 2.38. The number of nitrogens with zero attached hydrogens (tertiary/aromatic N) is 2. The second-order valence-corrected chi connectivity index (χ2v) is 5.56. The summed E-state index contributed by atoms with van der Waals surface area (Å²) in [6, 6.07) is 0.311. The van der Waals surface area contributed by atoms with Crippen LogP contribution in [0.1, 0.15) is 44.7 Å². The molecule has 0 aromatic carbocycles. The number of aliphatic hydroxyl groups is 1. The first kappa shape index (κ1) is 14.2. The first-order valence-electron chi connectivity index (χ1n) is 7.36. The van der Waals surface area contributed by atoms with Crippen molar-refractivity contribution in [3.8, 4) is 0 Å². The second-order valence-electron chi connectivity index (χ2n) is 5.56. The zero-order valence-corrected chi connectivity index (χ0v) is 12.0. The predicted molar refractivity (Wildman–Crippen MR) is 78.1 cm³/mol. The number of nitrogen functional groups attached to an aromatic ring is 1. The number of rotatable bonds is 5. The number of nitrogens with two attached hydrogens (primary N) is 1. The van der Waals surface area contributed by atoms with Crippen molar-refractivity contribution in [2.45, 2.75) is 51.5 Å².